The topological polar surface area (TPSA) is 23.8 Å². The largest absolute Gasteiger partial charge is 0.199 e. The van der Waals surface area contributed by atoms with Gasteiger partial charge in [-0.2, -0.15) is 5.26 Å². The van der Waals surface area contributed by atoms with Crippen LogP contribution in [0.3, 0.4) is 0 Å². The maximum Gasteiger partial charge on any atom is 0.0587 e. The van der Waals surface area contributed by atoms with E-state index in [1.807, 2.05) is 0 Å². The fraction of sp³-hybridized carbons (Fsp3) is 0.500. The minimum absolute atomic E-state index is 0. The minimum atomic E-state index is 0. The Labute approximate surface area is 30.3 Å². The Morgan fingerprint density at radius 1 is 1.75 bits per heavy atom. The van der Waals surface area contributed by atoms with Crippen LogP contribution in [0, 0.1) is 11.3 Å². The predicted molar refractivity (Wildman–Crippen MR) is 17.0 cm³/mol. The van der Waals surface area contributed by atoms with Crippen molar-refractivity contribution < 1.29 is 0 Å². The summed E-state index contributed by atoms with van der Waals surface area (Å²) in [6.45, 7) is 1.43. The zero-order valence-electron chi connectivity index (χ0n) is 2.45. The second-order valence-electron chi connectivity index (χ2n) is 0.224. The summed E-state index contributed by atoms with van der Waals surface area (Å²) in [5.41, 5.74) is 0. The molecular formula is C2H3NSi. The highest BCUT2D eigenvalue weighted by Gasteiger charge is 1.17. The molecule has 0 aromatic rings. The van der Waals surface area contributed by atoms with E-state index in [2.05, 4.69) is 0 Å². The van der Waals surface area contributed by atoms with E-state index in [9.17, 15) is 0 Å². The quantitative estimate of drug-likeness (QED) is 0.371. The normalized spacial score (nSPS) is 2.00. The average molecular weight is 69.1 g/mol. The molecule has 0 saturated carbocycles. The predicted octanol–water partition coefficient (Wildman–Crippen LogP) is 0.149. The molecule has 0 N–H and O–H groups in total. The summed E-state index contributed by atoms with van der Waals surface area (Å²) in [7, 11) is 0. The Bertz CT molecular complexity index is 27.5. The Morgan fingerprint density at radius 3 is 1.75 bits per heavy atom. The summed E-state index contributed by atoms with van der Waals surface area (Å²) in [4.78, 5) is 0. The van der Waals surface area contributed by atoms with Crippen LogP contribution < -0.4 is 0 Å². The van der Waals surface area contributed by atoms with E-state index in [1.165, 1.54) is 6.92 Å². The Balaban J connectivity index is 0. The third-order valence-electron chi connectivity index (χ3n) is 0. The maximum absolute atomic E-state index is 7.32. The van der Waals surface area contributed by atoms with Crippen molar-refractivity contribution in [2.45, 2.75) is 6.92 Å². The molecular weight excluding hydrogens is 66.1 g/mol. The molecule has 0 saturated heterocycles. The monoisotopic (exact) mass is 69.0 g/mol. The lowest BCUT2D eigenvalue weighted by atomic mass is 11.0. The van der Waals surface area contributed by atoms with Crippen LogP contribution in [0.5, 0.6) is 0 Å². The van der Waals surface area contributed by atoms with Crippen LogP contribution in [0.25, 0.3) is 0 Å². The summed E-state index contributed by atoms with van der Waals surface area (Å²) in [5, 5.41) is 7.32. The number of nitriles is 1. The summed E-state index contributed by atoms with van der Waals surface area (Å²) in [6.07, 6.45) is 0. The molecule has 0 heterocycles. The Kier molecular flexibility index (Phi) is 36.8. The third kappa shape index (κ3) is 9.93. The zero-order valence-corrected chi connectivity index (χ0v) is 3.45. The van der Waals surface area contributed by atoms with Gasteiger partial charge in [0, 0.05) is 17.9 Å². The molecule has 0 bridgehead atoms. The van der Waals surface area contributed by atoms with Gasteiger partial charge in [0.15, 0.2) is 0 Å². The van der Waals surface area contributed by atoms with Crippen LogP contribution in [-0.4, -0.2) is 11.0 Å². The highest BCUT2D eigenvalue weighted by molar-refractivity contribution is 5.75. The molecule has 2 heteroatoms. The summed E-state index contributed by atoms with van der Waals surface area (Å²) in [6, 6.07) is 1.75. The van der Waals surface area contributed by atoms with E-state index >= 15 is 0 Å². The van der Waals surface area contributed by atoms with Gasteiger partial charge in [0.1, 0.15) is 0 Å². The first-order valence-electron chi connectivity index (χ1n) is 0.724. The van der Waals surface area contributed by atoms with Crippen LogP contribution in [0.15, 0.2) is 0 Å². The van der Waals surface area contributed by atoms with E-state index in [4.69, 9.17) is 5.26 Å². The molecule has 1 nitrogen and oxygen atoms in total. The van der Waals surface area contributed by atoms with Crippen molar-refractivity contribution in [2.24, 2.45) is 0 Å². The van der Waals surface area contributed by atoms with Crippen molar-refractivity contribution >= 4 is 11.0 Å². The Hall–Kier alpha value is -0.293. The number of nitrogens with zero attached hydrogens (tertiary/aromatic N) is 1. The zero-order chi connectivity index (χ0) is 2.71. The van der Waals surface area contributed by atoms with Crippen molar-refractivity contribution in [1.29, 1.82) is 5.26 Å². The molecule has 4 radical (unpaired) electrons. The minimum Gasteiger partial charge on any atom is -0.199 e. The molecule has 20 valence electrons. The van der Waals surface area contributed by atoms with Crippen molar-refractivity contribution in [3.8, 4) is 6.07 Å². The van der Waals surface area contributed by atoms with E-state index in [-0.39, 0.29) is 11.0 Å². The van der Waals surface area contributed by atoms with Gasteiger partial charge in [-0.25, -0.2) is 0 Å². The van der Waals surface area contributed by atoms with Gasteiger partial charge in [0.2, 0.25) is 0 Å². The van der Waals surface area contributed by atoms with Crippen molar-refractivity contribution in [3.05, 3.63) is 0 Å². The average Bonchev–Trinajstić information content (AvgIpc) is 0.918. The summed E-state index contributed by atoms with van der Waals surface area (Å²) >= 11 is 0. The molecule has 0 amide bonds. The fourth-order valence-corrected chi connectivity index (χ4v) is 0. The van der Waals surface area contributed by atoms with Crippen molar-refractivity contribution in [2.75, 3.05) is 0 Å². The van der Waals surface area contributed by atoms with E-state index < -0.39 is 0 Å². The summed E-state index contributed by atoms with van der Waals surface area (Å²) in [5.74, 6) is 0. The lowest BCUT2D eigenvalue weighted by Crippen LogP contribution is -1.10. The number of rotatable bonds is 0. The second kappa shape index (κ2) is 15.8. The highest BCUT2D eigenvalue weighted by Crippen LogP contribution is 1.21. The molecule has 0 rings (SSSR count). The molecule has 0 aromatic carbocycles. The van der Waals surface area contributed by atoms with Gasteiger partial charge in [0.25, 0.3) is 0 Å². The van der Waals surface area contributed by atoms with Crippen LogP contribution in [0.1, 0.15) is 6.92 Å². The molecule has 4 heavy (non-hydrogen) atoms. The third-order valence-corrected chi connectivity index (χ3v) is 0. The lowest BCUT2D eigenvalue weighted by molar-refractivity contribution is 1.49. The van der Waals surface area contributed by atoms with Gasteiger partial charge in [-0.3, -0.25) is 0 Å². The number of hydrogen-bond donors (Lipinski definition) is 0. The van der Waals surface area contributed by atoms with Gasteiger partial charge in [-0.05, 0) is 0 Å². The van der Waals surface area contributed by atoms with Gasteiger partial charge in [0.05, 0.1) is 6.07 Å². The van der Waals surface area contributed by atoms with Crippen LogP contribution in [0.4, 0.5) is 0 Å². The lowest BCUT2D eigenvalue weighted by Gasteiger charge is -1.15. The molecule has 0 fully saturated rings. The van der Waals surface area contributed by atoms with Gasteiger partial charge in [-0.15, -0.1) is 0 Å². The summed E-state index contributed by atoms with van der Waals surface area (Å²) < 4.78 is 0. The van der Waals surface area contributed by atoms with E-state index in [0.29, 0.717) is 0 Å². The molecule has 0 unspecified atom stereocenters. The smallest absolute Gasteiger partial charge is 0.0587 e. The second-order valence-corrected chi connectivity index (χ2v) is 0.224. The van der Waals surface area contributed by atoms with Crippen LogP contribution >= 0.6 is 0 Å². The molecule has 0 atom stereocenters. The molecule has 0 aliphatic carbocycles. The van der Waals surface area contributed by atoms with Gasteiger partial charge >= 0.3 is 0 Å². The van der Waals surface area contributed by atoms with Crippen molar-refractivity contribution in [1.82, 2.24) is 0 Å². The van der Waals surface area contributed by atoms with E-state index in [0.717, 1.165) is 0 Å². The molecule has 0 spiro atoms. The standard InChI is InChI=1S/C2H3N.Si/c1-2-3;/h1H3;. The highest BCUT2D eigenvalue weighted by atomic mass is 28.1. The maximum atomic E-state index is 7.32. The molecule has 0 aliphatic heterocycles. The first-order valence-corrected chi connectivity index (χ1v) is 0.724. The fourth-order valence-electron chi connectivity index (χ4n) is 0. The molecule has 0 aromatic heterocycles. The van der Waals surface area contributed by atoms with E-state index in [1.54, 1.807) is 6.07 Å². The molecule has 0 aliphatic rings. The first kappa shape index (κ1) is 9.32. The van der Waals surface area contributed by atoms with Crippen LogP contribution in [0.2, 0.25) is 0 Å². The van der Waals surface area contributed by atoms with Gasteiger partial charge in [-0.1, -0.05) is 0 Å². The van der Waals surface area contributed by atoms with Gasteiger partial charge < -0.3 is 0 Å². The van der Waals surface area contributed by atoms with Crippen LogP contribution in [-0.2, 0) is 0 Å². The van der Waals surface area contributed by atoms with Crippen molar-refractivity contribution in [3.63, 3.8) is 0 Å². The Morgan fingerprint density at radius 2 is 1.75 bits per heavy atom. The SMILES string of the molecule is CC#N.[Si]. The number of hydrogen-bond acceptors (Lipinski definition) is 1. The first-order chi connectivity index (χ1) is 1.41.